The predicted octanol–water partition coefficient (Wildman–Crippen LogP) is 3.20. The standard InChI is InChI=1S/C17H20O3/c1-2-19-16-10-6-9-15(11-12-18)17(16)20-13-14-7-4-3-5-8-14/h3-10,18H,2,11-13H2,1H3. The highest BCUT2D eigenvalue weighted by molar-refractivity contribution is 5.47. The van der Waals surface area contributed by atoms with Crippen molar-refractivity contribution in [1.29, 1.82) is 0 Å². The Morgan fingerprint density at radius 3 is 2.45 bits per heavy atom. The maximum absolute atomic E-state index is 9.15. The van der Waals surface area contributed by atoms with Gasteiger partial charge in [-0.3, -0.25) is 0 Å². The van der Waals surface area contributed by atoms with Gasteiger partial charge >= 0.3 is 0 Å². The quantitative estimate of drug-likeness (QED) is 0.841. The third-order valence-electron chi connectivity index (χ3n) is 2.97. The first-order valence-corrected chi connectivity index (χ1v) is 6.87. The number of aliphatic hydroxyl groups excluding tert-OH is 1. The van der Waals surface area contributed by atoms with Crippen LogP contribution >= 0.6 is 0 Å². The van der Waals surface area contributed by atoms with Crippen LogP contribution in [0.2, 0.25) is 0 Å². The molecule has 0 aromatic heterocycles. The SMILES string of the molecule is CCOc1cccc(CCO)c1OCc1ccccc1. The molecule has 2 aromatic carbocycles. The Morgan fingerprint density at radius 1 is 0.950 bits per heavy atom. The molecule has 0 fully saturated rings. The van der Waals surface area contributed by atoms with Crippen LogP contribution in [-0.2, 0) is 13.0 Å². The van der Waals surface area contributed by atoms with E-state index >= 15 is 0 Å². The van der Waals surface area contributed by atoms with Crippen molar-refractivity contribution in [1.82, 2.24) is 0 Å². The van der Waals surface area contributed by atoms with Gasteiger partial charge in [-0.25, -0.2) is 0 Å². The lowest BCUT2D eigenvalue weighted by Gasteiger charge is -2.15. The number of ether oxygens (including phenoxy) is 2. The van der Waals surface area contributed by atoms with Gasteiger partial charge in [0.15, 0.2) is 11.5 Å². The average Bonchev–Trinajstić information content (AvgIpc) is 2.48. The van der Waals surface area contributed by atoms with E-state index in [0.717, 1.165) is 22.6 Å². The van der Waals surface area contributed by atoms with Crippen molar-refractivity contribution >= 4 is 0 Å². The highest BCUT2D eigenvalue weighted by atomic mass is 16.5. The molecule has 1 N–H and O–H groups in total. The molecule has 0 aliphatic heterocycles. The van der Waals surface area contributed by atoms with Crippen LogP contribution in [0.5, 0.6) is 11.5 Å². The molecule has 106 valence electrons. The molecule has 2 aromatic rings. The number of hydrogen-bond acceptors (Lipinski definition) is 3. The molecule has 20 heavy (non-hydrogen) atoms. The lowest BCUT2D eigenvalue weighted by molar-refractivity contribution is 0.260. The van der Waals surface area contributed by atoms with Crippen LogP contribution < -0.4 is 9.47 Å². The van der Waals surface area contributed by atoms with Gasteiger partial charge < -0.3 is 14.6 Å². The van der Waals surface area contributed by atoms with E-state index in [1.54, 1.807) is 0 Å². The smallest absolute Gasteiger partial charge is 0.164 e. The fourth-order valence-electron chi connectivity index (χ4n) is 2.04. The van der Waals surface area contributed by atoms with Gasteiger partial charge in [-0.05, 0) is 25.0 Å². The summed E-state index contributed by atoms with van der Waals surface area (Å²) in [6.07, 6.45) is 0.561. The van der Waals surface area contributed by atoms with Crippen LogP contribution in [-0.4, -0.2) is 18.3 Å². The van der Waals surface area contributed by atoms with Gasteiger partial charge in [-0.2, -0.15) is 0 Å². The third-order valence-corrected chi connectivity index (χ3v) is 2.97. The first kappa shape index (κ1) is 14.4. The zero-order valence-electron chi connectivity index (χ0n) is 11.7. The minimum Gasteiger partial charge on any atom is -0.490 e. The molecule has 0 bridgehead atoms. The fourth-order valence-corrected chi connectivity index (χ4v) is 2.04. The Balaban J connectivity index is 2.18. The first-order valence-electron chi connectivity index (χ1n) is 6.87. The molecule has 0 aliphatic carbocycles. The highest BCUT2D eigenvalue weighted by Gasteiger charge is 2.11. The molecule has 0 heterocycles. The minimum atomic E-state index is 0.0945. The van der Waals surface area contributed by atoms with Crippen LogP contribution in [0.25, 0.3) is 0 Å². The van der Waals surface area contributed by atoms with E-state index in [-0.39, 0.29) is 6.61 Å². The predicted molar refractivity (Wildman–Crippen MR) is 79.2 cm³/mol. The number of benzene rings is 2. The Labute approximate surface area is 119 Å². The molecule has 0 amide bonds. The normalized spacial score (nSPS) is 10.3. The second kappa shape index (κ2) is 7.56. The summed E-state index contributed by atoms with van der Waals surface area (Å²) >= 11 is 0. The van der Waals surface area contributed by atoms with Gasteiger partial charge in [0.1, 0.15) is 6.61 Å². The van der Waals surface area contributed by atoms with Gasteiger partial charge in [-0.1, -0.05) is 42.5 Å². The maximum atomic E-state index is 9.15. The topological polar surface area (TPSA) is 38.7 Å². The van der Waals surface area contributed by atoms with E-state index in [1.807, 2.05) is 55.5 Å². The maximum Gasteiger partial charge on any atom is 0.164 e. The summed E-state index contributed by atoms with van der Waals surface area (Å²) in [6, 6.07) is 15.8. The number of aliphatic hydroxyl groups is 1. The monoisotopic (exact) mass is 272 g/mol. The summed E-state index contributed by atoms with van der Waals surface area (Å²) in [4.78, 5) is 0. The van der Waals surface area contributed by atoms with Crippen molar-refractivity contribution in [2.24, 2.45) is 0 Å². The largest absolute Gasteiger partial charge is 0.490 e. The van der Waals surface area contributed by atoms with Gasteiger partial charge in [0.25, 0.3) is 0 Å². The van der Waals surface area contributed by atoms with Crippen LogP contribution in [0, 0.1) is 0 Å². The van der Waals surface area contributed by atoms with E-state index in [1.165, 1.54) is 0 Å². The summed E-state index contributed by atoms with van der Waals surface area (Å²) in [5.74, 6) is 1.46. The van der Waals surface area contributed by atoms with Crippen LogP contribution in [0.3, 0.4) is 0 Å². The van der Waals surface area contributed by atoms with Crippen LogP contribution in [0.4, 0.5) is 0 Å². The van der Waals surface area contributed by atoms with Crippen molar-refractivity contribution in [2.45, 2.75) is 20.0 Å². The van der Waals surface area contributed by atoms with E-state index < -0.39 is 0 Å². The van der Waals surface area contributed by atoms with E-state index in [9.17, 15) is 0 Å². The van der Waals surface area contributed by atoms with E-state index in [2.05, 4.69) is 0 Å². The molecule has 0 unspecified atom stereocenters. The molecule has 0 radical (unpaired) electrons. The second-order valence-electron chi connectivity index (χ2n) is 4.43. The number of rotatable bonds is 7. The molecular formula is C17H20O3. The molecule has 2 rings (SSSR count). The van der Waals surface area contributed by atoms with Gasteiger partial charge in [0.05, 0.1) is 6.61 Å². The second-order valence-corrected chi connectivity index (χ2v) is 4.43. The van der Waals surface area contributed by atoms with Crippen LogP contribution in [0.1, 0.15) is 18.1 Å². The Hall–Kier alpha value is -2.00. The van der Waals surface area contributed by atoms with E-state index in [4.69, 9.17) is 14.6 Å². The highest BCUT2D eigenvalue weighted by Crippen LogP contribution is 2.32. The van der Waals surface area contributed by atoms with Crippen molar-refractivity contribution in [2.75, 3.05) is 13.2 Å². The molecule has 0 spiro atoms. The Bertz CT molecular complexity index is 499. The van der Waals surface area contributed by atoms with Gasteiger partial charge in [-0.15, -0.1) is 0 Å². The lowest BCUT2D eigenvalue weighted by atomic mass is 10.1. The minimum absolute atomic E-state index is 0.0945. The Morgan fingerprint density at radius 2 is 1.75 bits per heavy atom. The third kappa shape index (κ3) is 3.75. The average molecular weight is 272 g/mol. The van der Waals surface area contributed by atoms with Crippen molar-refractivity contribution in [3.63, 3.8) is 0 Å². The van der Waals surface area contributed by atoms with Crippen LogP contribution in [0.15, 0.2) is 48.5 Å². The zero-order chi connectivity index (χ0) is 14.2. The Kier molecular flexibility index (Phi) is 5.44. The summed E-state index contributed by atoms with van der Waals surface area (Å²) in [7, 11) is 0. The van der Waals surface area contributed by atoms with Crippen molar-refractivity contribution < 1.29 is 14.6 Å². The molecule has 0 aliphatic rings. The van der Waals surface area contributed by atoms with Gasteiger partial charge in [0.2, 0.25) is 0 Å². The summed E-state index contributed by atoms with van der Waals surface area (Å²) in [6.45, 7) is 3.12. The summed E-state index contributed by atoms with van der Waals surface area (Å²) in [5.41, 5.74) is 2.07. The van der Waals surface area contributed by atoms with Gasteiger partial charge in [0, 0.05) is 12.2 Å². The lowest BCUT2D eigenvalue weighted by Crippen LogP contribution is -2.03. The fraction of sp³-hybridized carbons (Fsp3) is 0.294. The number of hydrogen-bond donors (Lipinski definition) is 1. The summed E-state index contributed by atoms with van der Waals surface area (Å²) < 4.78 is 11.5. The molecule has 3 heteroatoms. The molecular weight excluding hydrogens is 252 g/mol. The molecule has 3 nitrogen and oxygen atoms in total. The first-order chi connectivity index (χ1) is 9.85. The molecule has 0 saturated heterocycles. The van der Waals surface area contributed by atoms with Crippen molar-refractivity contribution in [3.8, 4) is 11.5 Å². The molecule has 0 atom stereocenters. The van der Waals surface area contributed by atoms with E-state index in [0.29, 0.717) is 19.6 Å². The molecule has 0 saturated carbocycles. The van der Waals surface area contributed by atoms with Crippen molar-refractivity contribution in [3.05, 3.63) is 59.7 Å². The zero-order valence-corrected chi connectivity index (χ0v) is 11.7. The number of para-hydroxylation sites is 1. The summed E-state index contributed by atoms with van der Waals surface area (Å²) in [5, 5.41) is 9.15.